The Kier molecular flexibility index (Phi) is 4.75. The summed E-state index contributed by atoms with van der Waals surface area (Å²) in [6, 6.07) is -0.0613. The van der Waals surface area contributed by atoms with E-state index in [1.165, 1.54) is 0 Å². The molecule has 4 nitrogen and oxygen atoms in total. The number of rotatable bonds is 7. The molecule has 0 heterocycles. The highest BCUT2D eigenvalue weighted by atomic mass is 16.2. The first-order valence-corrected chi connectivity index (χ1v) is 5.71. The first-order valence-electron chi connectivity index (χ1n) is 5.71. The molecule has 1 unspecified atom stereocenters. The normalized spacial score (nSPS) is 17.2. The van der Waals surface area contributed by atoms with Crippen LogP contribution in [0.3, 0.4) is 0 Å². The number of hydrogen-bond donors (Lipinski definition) is 2. The van der Waals surface area contributed by atoms with E-state index in [2.05, 4.69) is 17.6 Å². The van der Waals surface area contributed by atoms with E-state index < -0.39 is 5.91 Å². The van der Waals surface area contributed by atoms with Gasteiger partial charge in [-0.1, -0.05) is 19.8 Å². The molecule has 1 amide bonds. The van der Waals surface area contributed by atoms with Crippen molar-refractivity contribution in [1.29, 1.82) is 0 Å². The Morgan fingerprint density at radius 3 is 2.53 bits per heavy atom. The predicted molar refractivity (Wildman–Crippen MR) is 58.5 cm³/mol. The molecule has 0 bridgehead atoms. The van der Waals surface area contributed by atoms with Crippen molar-refractivity contribution in [2.45, 2.75) is 51.1 Å². The molecule has 0 spiro atoms. The van der Waals surface area contributed by atoms with E-state index in [-0.39, 0.29) is 17.9 Å². The summed E-state index contributed by atoms with van der Waals surface area (Å²) in [5.74, 6) is -0.745. The molecule has 0 aromatic heterocycles. The summed E-state index contributed by atoms with van der Waals surface area (Å²) in [4.78, 5) is 23.1. The lowest BCUT2D eigenvalue weighted by Crippen LogP contribution is -2.44. The lowest BCUT2D eigenvalue weighted by Gasteiger charge is -2.13. The maximum atomic E-state index is 11.7. The maximum Gasteiger partial charge on any atom is 0.289 e. The Morgan fingerprint density at radius 1 is 1.40 bits per heavy atom. The van der Waals surface area contributed by atoms with Crippen LogP contribution in [-0.4, -0.2) is 30.8 Å². The highest BCUT2D eigenvalue weighted by Gasteiger charge is 2.29. The lowest BCUT2D eigenvalue weighted by atomic mass is 10.1. The van der Waals surface area contributed by atoms with E-state index in [4.69, 9.17) is 0 Å². The number of amides is 1. The SMILES string of the molecule is CCCCC(NC)C(=O)C(=O)NC1CC1. The third-order valence-corrected chi connectivity index (χ3v) is 2.65. The fourth-order valence-electron chi connectivity index (χ4n) is 1.46. The average molecular weight is 212 g/mol. The molecule has 1 saturated carbocycles. The second-order valence-electron chi connectivity index (χ2n) is 4.10. The molecule has 0 aromatic rings. The van der Waals surface area contributed by atoms with Gasteiger partial charge in [0.15, 0.2) is 0 Å². The maximum absolute atomic E-state index is 11.7. The summed E-state index contributed by atoms with van der Waals surface area (Å²) in [5, 5.41) is 5.62. The number of hydrogen-bond acceptors (Lipinski definition) is 3. The smallest absolute Gasteiger partial charge is 0.289 e. The molecule has 1 aliphatic carbocycles. The highest BCUT2D eigenvalue weighted by molar-refractivity contribution is 6.38. The van der Waals surface area contributed by atoms with Gasteiger partial charge >= 0.3 is 0 Å². The van der Waals surface area contributed by atoms with E-state index in [1.807, 2.05) is 0 Å². The Bertz CT molecular complexity index is 237. The van der Waals surface area contributed by atoms with Gasteiger partial charge in [0.05, 0.1) is 6.04 Å². The van der Waals surface area contributed by atoms with Gasteiger partial charge in [-0.2, -0.15) is 0 Å². The number of carbonyl (C=O) groups is 2. The average Bonchev–Trinajstić information content (AvgIpc) is 3.02. The third-order valence-electron chi connectivity index (χ3n) is 2.65. The molecule has 2 N–H and O–H groups in total. The van der Waals surface area contributed by atoms with E-state index in [9.17, 15) is 9.59 Å². The highest BCUT2D eigenvalue weighted by Crippen LogP contribution is 2.18. The Labute approximate surface area is 90.8 Å². The van der Waals surface area contributed by atoms with Gasteiger partial charge in [0.2, 0.25) is 5.78 Å². The number of ketones is 1. The zero-order chi connectivity index (χ0) is 11.3. The topological polar surface area (TPSA) is 58.2 Å². The predicted octanol–water partition coefficient (Wildman–Crippen LogP) is 0.612. The first kappa shape index (κ1) is 12.2. The van der Waals surface area contributed by atoms with E-state index in [0.717, 1.165) is 32.1 Å². The van der Waals surface area contributed by atoms with Gasteiger partial charge in [0.25, 0.3) is 5.91 Å². The van der Waals surface area contributed by atoms with Crippen molar-refractivity contribution in [3.63, 3.8) is 0 Å². The van der Waals surface area contributed by atoms with Gasteiger partial charge in [-0.3, -0.25) is 9.59 Å². The molecule has 0 aromatic carbocycles. The van der Waals surface area contributed by atoms with Gasteiger partial charge in [-0.15, -0.1) is 0 Å². The Hall–Kier alpha value is -0.900. The van der Waals surface area contributed by atoms with Crippen molar-refractivity contribution < 1.29 is 9.59 Å². The summed E-state index contributed by atoms with van der Waals surface area (Å²) in [6.07, 6.45) is 4.77. The monoisotopic (exact) mass is 212 g/mol. The van der Waals surface area contributed by atoms with Crippen LogP contribution in [0.4, 0.5) is 0 Å². The van der Waals surface area contributed by atoms with Crippen LogP contribution < -0.4 is 10.6 Å². The summed E-state index contributed by atoms with van der Waals surface area (Å²) < 4.78 is 0. The molecule has 0 saturated heterocycles. The number of likely N-dealkylation sites (N-methyl/N-ethyl adjacent to an activating group) is 1. The van der Waals surface area contributed by atoms with E-state index >= 15 is 0 Å². The molecule has 4 heteroatoms. The van der Waals surface area contributed by atoms with Crippen LogP contribution in [0, 0.1) is 0 Å². The standard InChI is InChI=1S/C11H20N2O2/c1-3-4-5-9(12-2)10(14)11(15)13-8-6-7-8/h8-9,12H,3-7H2,1-2H3,(H,13,15). The summed E-state index contributed by atoms with van der Waals surface area (Å²) in [6.45, 7) is 2.07. The Balaban J connectivity index is 2.35. The quantitative estimate of drug-likeness (QED) is 0.608. The molecule has 0 radical (unpaired) electrons. The number of unbranched alkanes of at least 4 members (excludes halogenated alkanes) is 1. The largest absolute Gasteiger partial charge is 0.347 e. The van der Waals surface area contributed by atoms with Crippen LogP contribution >= 0.6 is 0 Å². The summed E-state index contributed by atoms with van der Waals surface area (Å²) in [7, 11) is 1.72. The molecular formula is C11H20N2O2. The second-order valence-corrected chi connectivity index (χ2v) is 4.10. The zero-order valence-electron chi connectivity index (χ0n) is 9.51. The Morgan fingerprint density at radius 2 is 2.07 bits per heavy atom. The summed E-state index contributed by atoms with van der Waals surface area (Å²) in [5.41, 5.74) is 0. The second kappa shape index (κ2) is 5.85. The van der Waals surface area contributed by atoms with Crippen molar-refractivity contribution in [2.75, 3.05) is 7.05 Å². The molecule has 1 fully saturated rings. The van der Waals surface area contributed by atoms with Crippen LogP contribution in [0.1, 0.15) is 39.0 Å². The molecule has 86 valence electrons. The van der Waals surface area contributed by atoms with E-state index in [0.29, 0.717) is 0 Å². The van der Waals surface area contributed by atoms with Gasteiger partial charge in [-0.25, -0.2) is 0 Å². The van der Waals surface area contributed by atoms with Gasteiger partial charge in [-0.05, 0) is 26.3 Å². The van der Waals surface area contributed by atoms with Crippen LogP contribution in [-0.2, 0) is 9.59 Å². The van der Waals surface area contributed by atoms with Crippen molar-refractivity contribution in [3.8, 4) is 0 Å². The van der Waals surface area contributed by atoms with Crippen molar-refractivity contribution in [2.24, 2.45) is 0 Å². The molecule has 0 aliphatic heterocycles. The molecule has 15 heavy (non-hydrogen) atoms. The van der Waals surface area contributed by atoms with Gasteiger partial charge in [0, 0.05) is 6.04 Å². The minimum Gasteiger partial charge on any atom is -0.347 e. The van der Waals surface area contributed by atoms with Crippen molar-refractivity contribution >= 4 is 11.7 Å². The minimum absolute atomic E-state index is 0.255. The number of Topliss-reactive ketones (excluding diaryl/α,β-unsaturated/α-hetero) is 1. The van der Waals surface area contributed by atoms with Crippen molar-refractivity contribution in [3.05, 3.63) is 0 Å². The fourth-order valence-corrected chi connectivity index (χ4v) is 1.46. The molecule has 1 aliphatic rings. The minimum atomic E-state index is -0.423. The van der Waals surface area contributed by atoms with Crippen LogP contribution in [0.15, 0.2) is 0 Å². The zero-order valence-corrected chi connectivity index (χ0v) is 9.51. The van der Waals surface area contributed by atoms with Crippen LogP contribution in [0.25, 0.3) is 0 Å². The molecule has 1 rings (SSSR count). The first-order chi connectivity index (χ1) is 7.19. The van der Waals surface area contributed by atoms with Crippen molar-refractivity contribution in [1.82, 2.24) is 10.6 Å². The van der Waals surface area contributed by atoms with Crippen LogP contribution in [0.5, 0.6) is 0 Å². The lowest BCUT2D eigenvalue weighted by molar-refractivity contribution is -0.139. The molecule has 1 atom stereocenters. The van der Waals surface area contributed by atoms with Gasteiger partial charge in [0.1, 0.15) is 0 Å². The third kappa shape index (κ3) is 4.00. The van der Waals surface area contributed by atoms with Gasteiger partial charge < -0.3 is 10.6 Å². The number of nitrogens with one attached hydrogen (secondary N) is 2. The van der Waals surface area contributed by atoms with E-state index in [1.54, 1.807) is 7.05 Å². The van der Waals surface area contributed by atoms with Crippen LogP contribution in [0.2, 0.25) is 0 Å². The summed E-state index contributed by atoms with van der Waals surface area (Å²) >= 11 is 0. The fraction of sp³-hybridized carbons (Fsp3) is 0.818. The number of carbonyl (C=O) groups excluding carboxylic acids is 2. The molecular weight excluding hydrogens is 192 g/mol.